The molecule has 0 saturated carbocycles. The lowest BCUT2D eigenvalue weighted by Crippen LogP contribution is -2.43. The summed E-state index contributed by atoms with van der Waals surface area (Å²) in [7, 11) is 0. The van der Waals surface area contributed by atoms with Crippen LogP contribution in [0.5, 0.6) is 0 Å². The van der Waals surface area contributed by atoms with Crippen LogP contribution in [0.4, 0.5) is 0 Å². The van der Waals surface area contributed by atoms with Gasteiger partial charge in [-0.1, -0.05) is 0 Å². The molecule has 16 heavy (non-hydrogen) atoms. The molecule has 0 bridgehead atoms. The standard InChI is InChI=1S/C11H22N2O3/c1-5-13(8-11(3,4)16)10(15)6-7-12-9(2)14/h16H,5-8H2,1-4H3,(H,12,14). The molecule has 0 aliphatic heterocycles. The molecular weight excluding hydrogens is 208 g/mol. The molecular formula is C11H22N2O3. The minimum atomic E-state index is -0.889. The molecule has 0 fully saturated rings. The number of likely N-dealkylation sites (N-methyl/N-ethyl adjacent to an activating group) is 1. The van der Waals surface area contributed by atoms with E-state index in [2.05, 4.69) is 5.32 Å². The number of carbonyl (C=O) groups excluding carboxylic acids is 2. The highest BCUT2D eigenvalue weighted by molar-refractivity contribution is 5.78. The third-order valence-corrected chi connectivity index (χ3v) is 2.03. The number of hydrogen-bond acceptors (Lipinski definition) is 3. The van der Waals surface area contributed by atoms with Crippen molar-refractivity contribution in [1.82, 2.24) is 10.2 Å². The molecule has 0 aliphatic carbocycles. The largest absolute Gasteiger partial charge is 0.389 e. The van der Waals surface area contributed by atoms with Crippen LogP contribution in [-0.2, 0) is 9.59 Å². The van der Waals surface area contributed by atoms with Crippen LogP contribution in [0.1, 0.15) is 34.1 Å². The zero-order valence-corrected chi connectivity index (χ0v) is 10.5. The Morgan fingerprint density at radius 2 is 1.94 bits per heavy atom. The van der Waals surface area contributed by atoms with E-state index in [1.165, 1.54) is 6.92 Å². The summed E-state index contributed by atoms with van der Waals surface area (Å²) in [6, 6.07) is 0. The number of rotatable bonds is 6. The van der Waals surface area contributed by atoms with Crippen molar-refractivity contribution in [3.8, 4) is 0 Å². The summed E-state index contributed by atoms with van der Waals surface area (Å²) in [6.07, 6.45) is 0.267. The Kier molecular flexibility index (Phi) is 6.03. The van der Waals surface area contributed by atoms with E-state index in [0.717, 1.165) is 0 Å². The maximum atomic E-state index is 11.7. The number of amides is 2. The van der Waals surface area contributed by atoms with Gasteiger partial charge in [-0.25, -0.2) is 0 Å². The van der Waals surface area contributed by atoms with Gasteiger partial charge in [-0.05, 0) is 20.8 Å². The molecule has 94 valence electrons. The van der Waals surface area contributed by atoms with E-state index in [4.69, 9.17) is 0 Å². The van der Waals surface area contributed by atoms with Crippen molar-refractivity contribution in [3.63, 3.8) is 0 Å². The van der Waals surface area contributed by atoms with Gasteiger partial charge in [0, 0.05) is 33.0 Å². The molecule has 0 aromatic rings. The van der Waals surface area contributed by atoms with Crippen LogP contribution in [0.2, 0.25) is 0 Å². The fourth-order valence-corrected chi connectivity index (χ4v) is 1.35. The van der Waals surface area contributed by atoms with E-state index in [-0.39, 0.29) is 18.2 Å². The highest BCUT2D eigenvalue weighted by Gasteiger charge is 2.20. The van der Waals surface area contributed by atoms with Gasteiger partial charge in [-0.15, -0.1) is 0 Å². The fourth-order valence-electron chi connectivity index (χ4n) is 1.35. The Morgan fingerprint density at radius 3 is 2.31 bits per heavy atom. The van der Waals surface area contributed by atoms with Crippen LogP contribution in [-0.4, -0.2) is 47.1 Å². The first-order valence-electron chi connectivity index (χ1n) is 5.51. The van der Waals surface area contributed by atoms with E-state index in [0.29, 0.717) is 19.6 Å². The minimum absolute atomic E-state index is 0.0571. The second kappa shape index (κ2) is 6.48. The van der Waals surface area contributed by atoms with Crippen LogP contribution in [0.3, 0.4) is 0 Å². The van der Waals surface area contributed by atoms with Crippen molar-refractivity contribution < 1.29 is 14.7 Å². The van der Waals surface area contributed by atoms with Crippen molar-refractivity contribution in [1.29, 1.82) is 0 Å². The molecule has 5 nitrogen and oxygen atoms in total. The van der Waals surface area contributed by atoms with Gasteiger partial charge < -0.3 is 15.3 Å². The maximum Gasteiger partial charge on any atom is 0.224 e. The third kappa shape index (κ3) is 7.23. The zero-order chi connectivity index (χ0) is 12.8. The molecule has 0 radical (unpaired) electrons. The minimum Gasteiger partial charge on any atom is -0.389 e. The summed E-state index contributed by atoms with van der Waals surface area (Å²) in [5.74, 6) is -0.197. The first-order valence-corrected chi connectivity index (χ1v) is 5.51. The maximum absolute atomic E-state index is 11.7. The van der Waals surface area contributed by atoms with Gasteiger partial charge in [0.25, 0.3) is 0 Å². The molecule has 0 aromatic carbocycles. The van der Waals surface area contributed by atoms with Gasteiger partial charge in [0.1, 0.15) is 0 Å². The lowest BCUT2D eigenvalue weighted by Gasteiger charge is -2.28. The molecule has 0 heterocycles. The fraction of sp³-hybridized carbons (Fsp3) is 0.818. The summed E-state index contributed by atoms with van der Waals surface area (Å²) >= 11 is 0. The molecule has 0 unspecified atom stereocenters. The molecule has 0 aromatic heterocycles. The molecule has 2 N–H and O–H groups in total. The van der Waals surface area contributed by atoms with Crippen molar-refractivity contribution >= 4 is 11.8 Å². The average Bonchev–Trinajstić information content (AvgIpc) is 2.11. The molecule has 5 heteroatoms. The summed E-state index contributed by atoms with van der Waals surface area (Å²) in [5.41, 5.74) is -0.889. The van der Waals surface area contributed by atoms with Gasteiger partial charge in [-0.3, -0.25) is 9.59 Å². The predicted molar refractivity (Wildman–Crippen MR) is 61.9 cm³/mol. The Balaban J connectivity index is 4.06. The smallest absolute Gasteiger partial charge is 0.224 e. The Bertz CT molecular complexity index is 246. The van der Waals surface area contributed by atoms with E-state index in [9.17, 15) is 14.7 Å². The number of nitrogens with one attached hydrogen (secondary N) is 1. The second-order valence-electron chi connectivity index (χ2n) is 4.45. The zero-order valence-electron chi connectivity index (χ0n) is 10.5. The summed E-state index contributed by atoms with van der Waals surface area (Å²) in [4.78, 5) is 23.9. The second-order valence-corrected chi connectivity index (χ2v) is 4.45. The van der Waals surface area contributed by atoms with E-state index >= 15 is 0 Å². The van der Waals surface area contributed by atoms with Gasteiger partial charge in [-0.2, -0.15) is 0 Å². The number of nitrogens with zero attached hydrogens (tertiary/aromatic N) is 1. The van der Waals surface area contributed by atoms with Gasteiger partial charge >= 0.3 is 0 Å². The molecule has 0 spiro atoms. The predicted octanol–water partition coefficient (Wildman–Crippen LogP) is 0.132. The van der Waals surface area contributed by atoms with Gasteiger partial charge in [0.15, 0.2) is 0 Å². The summed E-state index contributed by atoms with van der Waals surface area (Å²) in [6.45, 7) is 7.82. The molecule has 0 aliphatic rings. The highest BCUT2D eigenvalue weighted by Crippen LogP contribution is 2.05. The van der Waals surface area contributed by atoms with Crippen molar-refractivity contribution in [2.75, 3.05) is 19.6 Å². The molecule has 0 saturated heterocycles. The summed E-state index contributed by atoms with van der Waals surface area (Å²) < 4.78 is 0. The molecule has 0 rings (SSSR count). The normalized spacial score (nSPS) is 11.1. The third-order valence-electron chi connectivity index (χ3n) is 2.03. The van der Waals surface area contributed by atoms with E-state index in [1.54, 1.807) is 18.7 Å². The van der Waals surface area contributed by atoms with Crippen LogP contribution in [0, 0.1) is 0 Å². The van der Waals surface area contributed by atoms with Crippen LogP contribution < -0.4 is 5.32 Å². The Morgan fingerprint density at radius 1 is 1.38 bits per heavy atom. The Hall–Kier alpha value is -1.10. The van der Waals surface area contributed by atoms with Crippen LogP contribution in [0.25, 0.3) is 0 Å². The van der Waals surface area contributed by atoms with Crippen molar-refractivity contribution in [2.45, 2.75) is 39.7 Å². The van der Waals surface area contributed by atoms with Crippen LogP contribution >= 0.6 is 0 Å². The molecule has 0 atom stereocenters. The first kappa shape index (κ1) is 14.9. The topological polar surface area (TPSA) is 69.6 Å². The molecule has 2 amide bonds. The highest BCUT2D eigenvalue weighted by atomic mass is 16.3. The van der Waals surface area contributed by atoms with Crippen LogP contribution in [0.15, 0.2) is 0 Å². The number of hydrogen-bond donors (Lipinski definition) is 2. The lowest BCUT2D eigenvalue weighted by molar-refractivity contribution is -0.133. The van der Waals surface area contributed by atoms with Crippen molar-refractivity contribution in [3.05, 3.63) is 0 Å². The Labute approximate surface area is 96.8 Å². The average molecular weight is 230 g/mol. The van der Waals surface area contributed by atoms with Gasteiger partial charge in [0.2, 0.25) is 11.8 Å². The lowest BCUT2D eigenvalue weighted by atomic mass is 10.1. The van der Waals surface area contributed by atoms with Gasteiger partial charge in [0.05, 0.1) is 5.60 Å². The number of aliphatic hydroxyl groups is 1. The van der Waals surface area contributed by atoms with E-state index in [1.807, 2.05) is 6.92 Å². The first-order chi connectivity index (χ1) is 7.26. The number of carbonyl (C=O) groups is 2. The quantitative estimate of drug-likeness (QED) is 0.681. The summed E-state index contributed by atoms with van der Waals surface area (Å²) in [5, 5.41) is 12.2. The SMILES string of the molecule is CCN(CC(C)(C)O)C(=O)CCNC(C)=O. The van der Waals surface area contributed by atoms with E-state index < -0.39 is 5.60 Å². The van der Waals surface area contributed by atoms with Crippen molar-refractivity contribution in [2.24, 2.45) is 0 Å². The monoisotopic (exact) mass is 230 g/mol.